The predicted molar refractivity (Wildman–Crippen MR) is 78.0 cm³/mol. The van der Waals surface area contributed by atoms with Crippen molar-refractivity contribution in [1.82, 2.24) is 10.2 Å². The minimum Gasteiger partial charge on any atom is -0.317 e. The molecule has 2 atom stereocenters. The molecule has 1 aliphatic rings. The van der Waals surface area contributed by atoms with Gasteiger partial charge in [-0.1, -0.05) is 18.2 Å². The van der Waals surface area contributed by atoms with Crippen LogP contribution >= 0.6 is 0 Å². The fraction of sp³-hybridized carbons (Fsp3) is 0.625. The van der Waals surface area contributed by atoms with E-state index >= 15 is 0 Å². The predicted octanol–water partition coefficient (Wildman–Crippen LogP) is 3.53. The lowest BCUT2D eigenvalue weighted by Gasteiger charge is -2.35. The van der Waals surface area contributed by atoms with Crippen LogP contribution in [-0.2, 0) is 12.7 Å². The van der Waals surface area contributed by atoms with Crippen LogP contribution < -0.4 is 5.32 Å². The number of nitrogens with zero attached hydrogens (tertiary/aromatic N) is 1. The molecule has 5 heteroatoms. The SMILES string of the molecule is CNC(C)C1CCCN(Cc2cccc(C(F)(F)F)c2)C1. The van der Waals surface area contributed by atoms with E-state index in [9.17, 15) is 13.2 Å². The van der Waals surface area contributed by atoms with Gasteiger partial charge in [0.2, 0.25) is 0 Å². The average molecular weight is 300 g/mol. The molecule has 21 heavy (non-hydrogen) atoms. The van der Waals surface area contributed by atoms with Crippen LogP contribution in [0.4, 0.5) is 13.2 Å². The van der Waals surface area contributed by atoms with Crippen molar-refractivity contribution in [2.45, 2.75) is 38.5 Å². The van der Waals surface area contributed by atoms with Gasteiger partial charge in [-0.2, -0.15) is 13.2 Å². The number of alkyl halides is 3. The molecule has 118 valence electrons. The highest BCUT2D eigenvalue weighted by Crippen LogP contribution is 2.30. The molecular formula is C16H23F3N2. The molecule has 1 saturated heterocycles. The molecule has 0 bridgehead atoms. The molecule has 0 radical (unpaired) electrons. The average Bonchev–Trinajstić information content (AvgIpc) is 2.46. The van der Waals surface area contributed by atoms with Gasteiger partial charge in [-0.05, 0) is 50.9 Å². The van der Waals surface area contributed by atoms with Crippen LogP contribution in [0.25, 0.3) is 0 Å². The van der Waals surface area contributed by atoms with Crippen molar-refractivity contribution in [3.63, 3.8) is 0 Å². The van der Waals surface area contributed by atoms with E-state index in [-0.39, 0.29) is 0 Å². The molecular weight excluding hydrogens is 277 g/mol. The van der Waals surface area contributed by atoms with E-state index in [1.165, 1.54) is 18.6 Å². The van der Waals surface area contributed by atoms with Crippen molar-refractivity contribution >= 4 is 0 Å². The minimum atomic E-state index is -4.26. The van der Waals surface area contributed by atoms with Gasteiger partial charge >= 0.3 is 6.18 Å². The Morgan fingerprint density at radius 1 is 1.38 bits per heavy atom. The van der Waals surface area contributed by atoms with Gasteiger partial charge in [-0.15, -0.1) is 0 Å². The molecule has 1 fully saturated rings. The maximum absolute atomic E-state index is 12.7. The Balaban J connectivity index is 2.01. The molecule has 0 saturated carbocycles. The number of hydrogen-bond acceptors (Lipinski definition) is 2. The fourth-order valence-corrected chi connectivity index (χ4v) is 2.98. The van der Waals surface area contributed by atoms with Gasteiger partial charge in [0.05, 0.1) is 5.56 Å². The summed E-state index contributed by atoms with van der Waals surface area (Å²) in [5, 5.41) is 3.27. The minimum absolute atomic E-state index is 0.439. The highest BCUT2D eigenvalue weighted by Gasteiger charge is 2.30. The molecule has 0 aliphatic carbocycles. The van der Waals surface area contributed by atoms with E-state index in [1.807, 2.05) is 7.05 Å². The first-order valence-electron chi connectivity index (χ1n) is 7.46. The van der Waals surface area contributed by atoms with Crippen LogP contribution in [-0.4, -0.2) is 31.1 Å². The van der Waals surface area contributed by atoms with Gasteiger partial charge in [0.15, 0.2) is 0 Å². The van der Waals surface area contributed by atoms with E-state index in [4.69, 9.17) is 0 Å². The number of likely N-dealkylation sites (tertiary alicyclic amines) is 1. The summed E-state index contributed by atoms with van der Waals surface area (Å²) in [5.41, 5.74) is 0.180. The second-order valence-electron chi connectivity index (χ2n) is 5.91. The van der Waals surface area contributed by atoms with Crippen LogP contribution in [0.2, 0.25) is 0 Å². The quantitative estimate of drug-likeness (QED) is 0.915. The monoisotopic (exact) mass is 300 g/mol. The lowest BCUT2D eigenvalue weighted by molar-refractivity contribution is -0.137. The third-order valence-electron chi connectivity index (χ3n) is 4.36. The molecule has 0 amide bonds. The molecule has 0 spiro atoms. The molecule has 2 unspecified atom stereocenters. The summed E-state index contributed by atoms with van der Waals surface area (Å²) >= 11 is 0. The first-order valence-corrected chi connectivity index (χ1v) is 7.46. The van der Waals surface area contributed by atoms with E-state index in [1.54, 1.807) is 6.07 Å². The third kappa shape index (κ3) is 4.45. The Bertz CT molecular complexity index is 459. The van der Waals surface area contributed by atoms with Crippen LogP contribution in [0, 0.1) is 5.92 Å². The lowest BCUT2D eigenvalue weighted by atomic mass is 9.91. The van der Waals surface area contributed by atoms with Crippen molar-refractivity contribution in [2.24, 2.45) is 5.92 Å². The molecule has 1 heterocycles. The maximum atomic E-state index is 12.7. The Morgan fingerprint density at radius 3 is 2.81 bits per heavy atom. The summed E-state index contributed by atoms with van der Waals surface area (Å²) in [6.07, 6.45) is -1.97. The topological polar surface area (TPSA) is 15.3 Å². The Kier molecular flexibility index (Phi) is 5.27. The van der Waals surface area contributed by atoms with E-state index in [0.29, 0.717) is 18.5 Å². The maximum Gasteiger partial charge on any atom is 0.416 e. The smallest absolute Gasteiger partial charge is 0.317 e. The Morgan fingerprint density at radius 2 is 2.14 bits per heavy atom. The molecule has 1 aromatic rings. The number of hydrogen-bond donors (Lipinski definition) is 1. The summed E-state index contributed by atoms with van der Waals surface area (Å²) in [6.45, 7) is 4.66. The molecule has 1 aromatic carbocycles. The van der Waals surface area contributed by atoms with Gasteiger partial charge in [-0.25, -0.2) is 0 Å². The number of piperidine rings is 1. The number of halogens is 3. The van der Waals surface area contributed by atoms with Crippen LogP contribution in [0.15, 0.2) is 24.3 Å². The van der Waals surface area contributed by atoms with Gasteiger partial charge in [0.1, 0.15) is 0 Å². The Labute approximate surface area is 124 Å². The second kappa shape index (κ2) is 6.79. The summed E-state index contributed by atoms with van der Waals surface area (Å²) in [5.74, 6) is 0.564. The normalized spacial score (nSPS) is 22.2. The van der Waals surface area contributed by atoms with Gasteiger partial charge in [0, 0.05) is 19.1 Å². The standard InChI is InChI=1S/C16H23F3N2/c1-12(20-2)14-6-4-8-21(11-14)10-13-5-3-7-15(9-13)16(17,18)19/h3,5,7,9,12,14,20H,4,6,8,10-11H2,1-2H3. The van der Waals surface area contributed by atoms with Crippen LogP contribution in [0.5, 0.6) is 0 Å². The van der Waals surface area contributed by atoms with E-state index in [0.717, 1.165) is 31.1 Å². The van der Waals surface area contributed by atoms with E-state index in [2.05, 4.69) is 17.1 Å². The first kappa shape index (κ1) is 16.3. The number of nitrogens with one attached hydrogen (secondary N) is 1. The molecule has 0 aromatic heterocycles. The van der Waals surface area contributed by atoms with Crippen LogP contribution in [0.3, 0.4) is 0 Å². The van der Waals surface area contributed by atoms with E-state index < -0.39 is 11.7 Å². The summed E-state index contributed by atoms with van der Waals surface area (Å²) < 4.78 is 38.2. The molecule has 2 rings (SSSR count). The molecule has 2 nitrogen and oxygen atoms in total. The zero-order valence-electron chi connectivity index (χ0n) is 12.6. The summed E-state index contributed by atoms with van der Waals surface area (Å²) in [6, 6.07) is 6.11. The van der Waals surface area contributed by atoms with Crippen molar-refractivity contribution in [3.8, 4) is 0 Å². The lowest BCUT2D eigenvalue weighted by Crippen LogP contribution is -2.43. The first-order chi connectivity index (χ1) is 9.90. The highest BCUT2D eigenvalue weighted by atomic mass is 19.4. The molecule has 1 aliphatic heterocycles. The van der Waals surface area contributed by atoms with Crippen molar-refractivity contribution in [1.29, 1.82) is 0 Å². The summed E-state index contributed by atoms with van der Waals surface area (Å²) in [7, 11) is 1.95. The fourth-order valence-electron chi connectivity index (χ4n) is 2.98. The van der Waals surface area contributed by atoms with Crippen molar-refractivity contribution in [2.75, 3.05) is 20.1 Å². The summed E-state index contributed by atoms with van der Waals surface area (Å²) in [4.78, 5) is 2.26. The zero-order valence-corrected chi connectivity index (χ0v) is 12.6. The van der Waals surface area contributed by atoms with Crippen LogP contribution in [0.1, 0.15) is 30.9 Å². The van der Waals surface area contributed by atoms with Crippen molar-refractivity contribution < 1.29 is 13.2 Å². The zero-order chi connectivity index (χ0) is 15.5. The number of benzene rings is 1. The van der Waals surface area contributed by atoms with Gasteiger partial charge in [-0.3, -0.25) is 4.90 Å². The van der Waals surface area contributed by atoms with Gasteiger partial charge in [0.25, 0.3) is 0 Å². The third-order valence-corrected chi connectivity index (χ3v) is 4.36. The van der Waals surface area contributed by atoms with Gasteiger partial charge < -0.3 is 5.32 Å². The highest BCUT2D eigenvalue weighted by molar-refractivity contribution is 5.25. The largest absolute Gasteiger partial charge is 0.416 e. The Hall–Kier alpha value is -1.07. The van der Waals surface area contributed by atoms with Crippen molar-refractivity contribution in [3.05, 3.63) is 35.4 Å². The number of rotatable bonds is 4. The molecule has 1 N–H and O–H groups in total. The second-order valence-corrected chi connectivity index (χ2v) is 5.91.